The predicted molar refractivity (Wildman–Crippen MR) is 102 cm³/mol. The summed E-state index contributed by atoms with van der Waals surface area (Å²) < 4.78 is 0. The minimum atomic E-state index is -0.336. The molecule has 10 atom stereocenters. The van der Waals surface area contributed by atoms with E-state index < -0.39 is 0 Å². The topological polar surface area (TPSA) is 20.2 Å². The molecule has 10 unspecified atom stereocenters. The van der Waals surface area contributed by atoms with Crippen LogP contribution < -0.4 is 0 Å². The molecular formula is C24H36O. The standard InChI is InChI=1S/C24H36O/c1-5-8-17-15(2)13-20-21-16-14-19(16)24(25)11-7-6-10-23(24,4)18(21)9-12-22(17,20)3/h15-21,25H,6-7,9-14H2,1-4H3. The van der Waals surface area contributed by atoms with Gasteiger partial charge in [0.15, 0.2) is 0 Å². The maximum absolute atomic E-state index is 11.8. The van der Waals surface area contributed by atoms with Gasteiger partial charge in [-0.2, -0.15) is 0 Å². The molecule has 25 heavy (non-hydrogen) atoms. The Morgan fingerprint density at radius 1 is 0.960 bits per heavy atom. The molecule has 0 heterocycles. The molecule has 5 saturated carbocycles. The Bertz CT molecular complexity index is 642. The summed E-state index contributed by atoms with van der Waals surface area (Å²) in [6.07, 6.45) is 10.3. The third-order valence-corrected chi connectivity index (χ3v) is 10.2. The molecule has 0 radical (unpaired) electrons. The molecule has 0 bridgehead atoms. The lowest BCUT2D eigenvalue weighted by Crippen LogP contribution is -2.62. The Labute approximate surface area is 154 Å². The van der Waals surface area contributed by atoms with Crippen molar-refractivity contribution in [3.8, 4) is 11.8 Å². The van der Waals surface area contributed by atoms with Gasteiger partial charge in [-0.05, 0) is 91.8 Å². The molecule has 138 valence electrons. The van der Waals surface area contributed by atoms with Gasteiger partial charge in [0.05, 0.1) is 5.60 Å². The van der Waals surface area contributed by atoms with Crippen molar-refractivity contribution in [3.63, 3.8) is 0 Å². The van der Waals surface area contributed by atoms with Crippen molar-refractivity contribution in [2.75, 3.05) is 0 Å². The molecule has 0 aliphatic heterocycles. The van der Waals surface area contributed by atoms with Crippen LogP contribution in [0.5, 0.6) is 0 Å². The predicted octanol–water partition coefficient (Wildman–Crippen LogP) is 5.28. The highest BCUT2D eigenvalue weighted by molar-refractivity contribution is 5.25. The van der Waals surface area contributed by atoms with Gasteiger partial charge in [-0.25, -0.2) is 0 Å². The van der Waals surface area contributed by atoms with E-state index in [4.69, 9.17) is 0 Å². The van der Waals surface area contributed by atoms with Gasteiger partial charge in [0.2, 0.25) is 0 Å². The van der Waals surface area contributed by atoms with Gasteiger partial charge in [-0.1, -0.05) is 39.5 Å². The normalized spacial score (nSPS) is 61.9. The molecular weight excluding hydrogens is 304 g/mol. The van der Waals surface area contributed by atoms with E-state index in [1.54, 1.807) is 0 Å². The van der Waals surface area contributed by atoms with Crippen LogP contribution in [0.3, 0.4) is 0 Å². The summed E-state index contributed by atoms with van der Waals surface area (Å²) in [6, 6.07) is 0. The van der Waals surface area contributed by atoms with Crippen molar-refractivity contribution >= 4 is 0 Å². The first-order chi connectivity index (χ1) is 11.9. The molecule has 1 nitrogen and oxygen atoms in total. The number of aliphatic hydroxyl groups is 1. The minimum absolute atomic E-state index is 0.187. The van der Waals surface area contributed by atoms with E-state index in [1.165, 1.54) is 44.9 Å². The van der Waals surface area contributed by atoms with Gasteiger partial charge in [0.25, 0.3) is 0 Å². The van der Waals surface area contributed by atoms with E-state index in [1.807, 2.05) is 6.92 Å². The SMILES string of the molecule is CC#CC1C(C)CC2C3C4CC4C4(O)CCCCC4(C)C3CCC12C. The Balaban J connectivity index is 1.55. The van der Waals surface area contributed by atoms with E-state index in [-0.39, 0.29) is 11.0 Å². The van der Waals surface area contributed by atoms with Crippen molar-refractivity contribution in [2.24, 2.45) is 52.3 Å². The fraction of sp³-hybridized carbons (Fsp3) is 0.917. The highest BCUT2D eigenvalue weighted by atomic mass is 16.3. The van der Waals surface area contributed by atoms with Gasteiger partial charge in [-0.3, -0.25) is 0 Å². The van der Waals surface area contributed by atoms with Crippen molar-refractivity contribution < 1.29 is 5.11 Å². The number of fused-ring (bicyclic) bond motifs is 8. The Morgan fingerprint density at radius 2 is 1.72 bits per heavy atom. The molecule has 1 heteroatoms. The first-order valence-corrected chi connectivity index (χ1v) is 11.0. The lowest BCUT2D eigenvalue weighted by atomic mass is 9.43. The van der Waals surface area contributed by atoms with Crippen molar-refractivity contribution in [2.45, 2.75) is 84.7 Å². The summed E-state index contributed by atoms with van der Waals surface area (Å²) in [5, 5.41) is 11.8. The summed E-state index contributed by atoms with van der Waals surface area (Å²) in [5.41, 5.74) is 0.279. The summed E-state index contributed by atoms with van der Waals surface area (Å²) in [7, 11) is 0. The van der Waals surface area contributed by atoms with Gasteiger partial charge >= 0.3 is 0 Å². The second-order valence-corrected chi connectivity index (χ2v) is 11.0. The Morgan fingerprint density at radius 3 is 2.48 bits per heavy atom. The van der Waals surface area contributed by atoms with Crippen molar-refractivity contribution in [1.82, 2.24) is 0 Å². The molecule has 5 aliphatic rings. The number of hydrogen-bond acceptors (Lipinski definition) is 1. The van der Waals surface area contributed by atoms with Crippen molar-refractivity contribution in [3.05, 3.63) is 0 Å². The zero-order valence-electron chi connectivity index (χ0n) is 16.6. The van der Waals surface area contributed by atoms with E-state index in [0.29, 0.717) is 17.3 Å². The molecule has 1 N–H and O–H groups in total. The third-order valence-electron chi connectivity index (χ3n) is 10.2. The van der Waals surface area contributed by atoms with E-state index >= 15 is 0 Å². The first kappa shape index (κ1) is 16.7. The van der Waals surface area contributed by atoms with Crippen LogP contribution in [0.25, 0.3) is 0 Å². The number of hydrogen-bond donors (Lipinski definition) is 1. The molecule has 0 saturated heterocycles. The second kappa shape index (κ2) is 5.07. The van der Waals surface area contributed by atoms with Crippen LogP contribution >= 0.6 is 0 Å². The van der Waals surface area contributed by atoms with Crippen LogP contribution in [-0.4, -0.2) is 10.7 Å². The maximum atomic E-state index is 11.8. The highest BCUT2D eigenvalue weighted by Crippen LogP contribution is 2.76. The molecule has 5 rings (SSSR count). The van der Waals surface area contributed by atoms with Gasteiger partial charge in [-0.15, -0.1) is 5.92 Å². The van der Waals surface area contributed by atoms with Gasteiger partial charge < -0.3 is 5.11 Å². The Kier molecular flexibility index (Phi) is 3.38. The van der Waals surface area contributed by atoms with Crippen LogP contribution in [0.4, 0.5) is 0 Å². The molecule has 0 aromatic heterocycles. The Hall–Kier alpha value is -0.480. The van der Waals surface area contributed by atoms with Crippen molar-refractivity contribution in [1.29, 1.82) is 0 Å². The molecule has 0 aromatic carbocycles. The monoisotopic (exact) mass is 340 g/mol. The maximum Gasteiger partial charge on any atom is 0.0734 e. The fourth-order valence-corrected chi connectivity index (χ4v) is 9.06. The highest BCUT2D eigenvalue weighted by Gasteiger charge is 2.74. The summed E-state index contributed by atoms with van der Waals surface area (Å²) in [6.45, 7) is 9.55. The van der Waals surface area contributed by atoms with Crippen LogP contribution in [0.2, 0.25) is 0 Å². The molecule has 0 aromatic rings. The molecule has 5 fully saturated rings. The van der Waals surface area contributed by atoms with Gasteiger partial charge in [0, 0.05) is 5.92 Å². The molecule has 5 aliphatic carbocycles. The van der Waals surface area contributed by atoms with Crippen LogP contribution in [-0.2, 0) is 0 Å². The van der Waals surface area contributed by atoms with Crippen LogP contribution in [0.15, 0.2) is 0 Å². The van der Waals surface area contributed by atoms with Crippen LogP contribution in [0, 0.1) is 64.1 Å². The third kappa shape index (κ3) is 1.86. The zero-order valence-corrected chi connectivity index (χ0v) is 16.6. The van der Waals surface area contributed by atoms with E-state index in [9.17, 15) is 5.11 Å². The lowest BCUT2D eigenvalue weighted by molar-refractivity contribution is -0.210. The minimum Gasteiger partial charge on any atom is -0.389 e. The smallest absolute Gasteiger partial charge is 0.0734 e. The summed E-state index contributed by atoms with van der Waals surface area (Å²) >= 11 is 0. The average molecular weight is 341 g/mol. The lowest BCUT2D eigenvalue weighted by Gasteiger charge is -2.63. The average Bonchev–Trinajstić information content (AvgIpc) is 3.33. The molecule has 0 amide bonds. The second-order valence-electron chi connectivity index (χ2n) is 11.0. The first-order valence-electron chi connectivity index (χ1n) is 11.0. The van der Waals surface area contributed by atoms with E-state index in [0.717, 1.165) is 36.0 Å². The van der Waals surface area contributed by atoms with Gasteiger partial charge in [0.1, 0.15) is 0 Å². The largest absolute Gasteiger partial charge is 0.389 e. The van der Waals surface area contributed by atoms with E-state index in [2.05, 4.69) is 32.6 Å². The summed E-state index contributed by atoms with van der Waals surface area (Å²) in [4.78, 5) is 0. The fourth-order valence-electron chi connectivity index (χ4n) is 9.06. The summed E-state index contributed by atoms with van der Waals surface area (Å²) in [5.74, 6) is 12.2. The number of rotatable bonds is 0. The quantitative estimate of drug-likeness (QED) is 0.595. The molecule has 0 spiro atoms. The van der Waals surface area contributed by atoms with Crippen LogP contribution in [0.1, 0.15) is 79.1 Å². The zero-order chi connectivity index (χ0) is 17.6.